The van der Waals surface area contributed by atoms with E-state index in [2.05, 4.69) is 5.32 Å². The third kappa shape index (κ3) is 3.65. The van der Waals surface area contributed by atoms with Crippen molar-refractivity contribution in [3.8, 4) is 11.5 Å². The number of fused-ring (bicyclic) bond motifs is 3. The number of halogens is 1. The fraction of sp³-hybridized carbons (Fsp3) is 0.409. The molecule has 1 saturated heterocycles. The second kappa shape index (κ2) is 7.80. The lowest BCUT2D eigenvalue weighted by atomic mass is 9.99. The van der Waals surface area contributed by atoms with Crippen molar-refractivity contribution in [2.45, 2.75) is 42.8 Å². The summed E-state index contributed by atoms with van der Waals surface area (Å²) in [5, 5.41) is 2.84. The number of carbonyl (C=O) groups excluding carboxylic acids is 1. The molecule has 2 fully saturated rings. The lowest BCUT2D eigenvalue weighted by Gasteiger charge is -2.33. The Kier molecular flexibility index (Phi) is 5.10. The molecule has 3 unspecified atom stereocenters. The zero-order valence-electron chi connectivity index (χ0n) is 16.8. The van der Waals surface area contributed by atoms with E-state index < -0.39 is 16.1 Å². The average molecular weight is 447 g/mol. The van der Waals surface area contributed by atoms with Crippen LogP contribution in [-0.2, 0) is 21.4 Å². The fourth-order valence-corrected chi connectivity index (χ4v) is 6.71. The summed E-state index contributed by atoms with van der Waals surface area (Å²) in [7, 11) is -3.90. The van der Waals surface area contributed by atoms with E-state index >= 15 is 0 Å². The minimum atomic E-state index is -3.90. The van der Waals surface area contributed by atoms with E-state index in [4.69, 9.17) is 9.47 Å². The summed E-state index contributed by atoms with van der Waals surface area (Å²) in [4.78, 5) is 13.2. The van der Waals surface area contributed by atoms with Gasteiger partial charge in [0.1, 0.15) is 25.1 Å². The summed E-state index contributed by atoms with van der Waals surface area (Å²) < 4.78 is 52.6. The van der Waals surface area contributed by atoms with Crippen LogP contribution in [0.5, 0.6) is 11.5 Å². The second-order valence-corrected chi connectivity index (χ2v) is 10.00. The first-order chi connectivity index (χ1) is 14.9. The second-order valence-electron chi connectivity index (χ2n) is 8.16. The summed E-state index contributed by atoms with van der Waals surface area (Å²) in [5.41, 5.74) is 0.749. The van der Waals surface area contributed by atoms with E-state index in [0.29, 0.717) is 31.1 Å². The number of benzene rings is 2. The van der Waals surface area contributed by atoms with Gasteiger partial charge in [0.25, 0.3) is 0 Å². The van der Waals surface area contributed by atoms with Gasteiger partial charge in [-0.25, -0.2) is 12.8 Å². The molecule has 3 atom stereocenters. The molecule has 0 radical (unpaired) electrons. The molecular weight excluding hydrogens is 423 g/mol. The van der Waals surface area contributed by atoms with Gasteiger partial charge in [-0.05, 0) is 55.0 Å². The van der Waals surface area contributed by atoms with Crippen molar-refractivity contribution in [1.82, 2.24) is 9.62 Å². The number of nitrogens with one attached hydrogen (secondary N) is 1. The van der Waals surface area contributed by atoms with Crippen LogP contribution >= 0.6 is 0 Å². The van der Waals surface area contributed by atoms with Crippen LogP contribution in [0, 0.1) is 11.7 Å². The van der Waals surface area contributed by atoms with Crippen LogP contribution in [0.25, 0.3) is 0 Å². The number of ether oxygens (including phenoxy) is 2. The zero-order chi connectivity index (χ0) is 21.6. The van der Waals surface area contributed by atoms with Gasteiger partial charge in [0, 0.05) is 18.7 Å². The molecule has 1 saturated carbocycles. The van der Waals surface area contributed by atoms with Crippen LogP contribution in [0.3, 0.4) is 0 Å². The Morgan fingerprint density at radius 1 is 1.06 bits per heavy atom. The number of rotatable bonds is 5. The van der Waals surface area contributed by atoms with Gasteiger partial charge >= 0.3 is 0 Å². The van der Waals surface area contributed by atoms with Gasteiger partial charge in [-0.15, -0.1) is 0 Å². The first-order valence-electron chi connectivity index (χ1n) is 10.4. The highest BCUT2D eigenvalue weighted by molar-refractivity contribution is 7.89. The first kappa shape index (κ1) is 20.3. The molecule has 1 N–H and O–H groups in total. The Balaban J connectivity index is 1.39. The summed E-state index contributed by atoms with van der Waals surface area (Å²) in [6.45, 7) is 0.996. The largest absolute Gasteiger partial charge is 0.486 e. The topological polar surface area (TPSA) is 84.9 Å². The predicted molar refractivity (Wildman–Crippen MR) is 110 cm³/mol. The fourth-order valence-electron chi connectivity index (χ4n) is 4.82. The van der Waals surface area contributed by atoms with Crippen molar-refractivity contribution in [3.05, 3.63) is 53.8 Å². The Bertz CT molecular complexity index is 1110. The van der Waals surface area contributed by atoms with Gasteiger partial charge < -0.3 is 14.8 Å². The van der Waals surface area contributed by atoms with Crippen molar-refractivity contribution in [1.29, 1.82) is 0 Å². The molecular formula is C22H23FN2O5S. The molecule has 3 aliphatic rings. The minimum absolute atomic E-state index is 0.00907. The lowest BCUT2D eigenvalue weighted by molar-refractivity contribution is -0.126. The Morgan fingerprint density at radius 3 is 2.58 bits per heavy atom. The molecule has 0 spiro atoms. The Labute approximate surface area is 180 Å². The van der Waals surface area contributed by atoms with Crippen LogP contribution in [-0.4, -0.2) is 43.9 Å². The number of sulfonamides is 1. The predicted octanol–water partition coefficient (Wildman–Crippen LogP) is 2.45. The maximum absolute atomic E-state index is 13.5. The summed E-state index contributed by atoms with van der Waals surface area (Å²) in [6, 6.07) is 9.49. The molecule has 31 heavy (non-hydrogen) atoms. The van der Waals surface area contributed by atoms with Crippen LogP contribution in [0.15, 0.2) is 47.4 Å². The number of hydrogen-bond donors (Lipinski definition) is 1. The van der Waals surface area contributed by atoms with E-state index in [9.17, 15) is 17.6 Å². The van der Waals surface area contributed by atoms with Crippen molar-refractivity contribution >= 4 is 15.9 Å². The quantitative estimate of drug-likeness (QED) is 0.763. The maximum Gasteiger partial charge on any atom is 0.244 e. The molecule has 164 valence electrons. The molecule has 0 aromatic heterocycles. The van der Waals surface area contributed by atoms with Crippen LogP contribution < -0.4 is 14.8 Å². The SMILES string of the molecule is O=C(NCc1ccc(F)cc1)C1C2CCC(C2)N1S(=O)(=O)c1ccc2c(c1)OCCO2. The number of nitrogens with zero attached hydrogens (tertiary/aromatic N) is 1. The molecule has 2 aromatic rings. The third-order valence-electron chi connectivity index (χ3n) is 6.26. The van der Waals surface area contributed by atoms with Crippen LogP contribution in [0.1, 0.15) is 24.8 Å². The summed E-state index contributed by atoms with van der Waals surface area (Å²) in [5.74, 6) is 0.235. The molecule has 9 heteroatoms. The van der Waals surface area contributed by atoms with E-state index in [1.165, 1.54) is 28.6 Å². The smallest absolute Gasteiger partial charge is 0.244 e. The molecule has 2 aliphatic heterocycles. The highest BCUT2D eigenvalue weighted by atomic mass is 32.2. The monoisotopic (exact) mass is 446 g/mol. The Morgan fingerprint density at radius 2 is 1.81 bits per heavy atom. The number of carbonyl (C=O) groups is 1. The zero-order valence-corrected chi connectivity index (χ0v) is 17.6. The number of amides is 1. The lowest BCUT2D eigenvalue weighted by Crippen LogP contribution is -2.52. The van der Waals surface area contributed by atoms with E-state index in [-0.39, 0.29) is 35.1 Å². The maximum atomic E-state index is 13.5. The average Bonchev–Trinajstić information content (AvgIpc) is 3.40. The normalized spacial score (nSPS) is 24.9. The standard InChI is InChI=1S/C22H23FN2O5S/c23-16-4-1-14(2-5-16)13-24-22(26)21-15-3-6-17(11-15)25(21)31(27,28)18-7-8-19-20(12-18)30-10-9-29-19/h1-2,4-5,7-8,12,15,17,21H,3,6,9-11,13H2,(H,24,26). The molecule has 1 aliphatic carbocycles. The molecule has 5 rings (SSSR count). The minimum Gasteiger partial charge on any atom is -0.486 e. The van der Waals surface area contributed by atoms with E-state index in [1.807, 2.05) is 0 Å². The summed E-state index contributed by atoms with van der Waals surface area (Å²) >= 11 is 0. The highest BCUT2D eigenvalue weighted by Gasteiger charge is 2.54. The Hall–Kier alpha value is -2.65. The van der Waals surface area contributed by atoms with Gasteiger partial charge in [-0.2, -0.15) is 4.31 Å². The molecule has 2 bridgehead atoms. The van der Waals surface area contributed by atoms with Gasteiger partial charge in [-0.3, -0.25) is 4.79 Å². The van der Waals surface area contributed by atoms with E-state index in [0.717, 1.165) is 18.4 Å². The van der Waals surface area contributed by atoms with Crippen molar-refractivity contribution < 1.29 is 27.1 Å². The molecule has 1 amide bonds. The van der Waals surface area contributed by atoms with Crippen molar-refractivity contribution in [2.75, 3.05) is 13.2 Å². The van der Waals surface area contributed by atoms with Gasteiger partial charge in [0.15, 0.2) is 11.5 Å². The highest BCUT2D eigenvalue weighted by Crippen LogP contribution is 2.46. The first-order valence-corrected chi connectivity index (χ1v) is 11.8. The third-order valence-corrected chi connectivity index (χ3v) is 8.19. The summed E-state index contributed by atoms with van der Waals surface area (Å²) in [6.07, 6.45) is 2.25. The van der Waals surface area contributed by atoms with Gasteiger partial charge in [0.2, 0.25) is 15.9 Å². The molecule has 7 nitrogen and oxygen atoms in total. The van der Waals surface area contributed by atoms with Crippen LogP contribution in [0.4, 0.5) is 4.39 Å². The molecule has 2 aromatic carbocycles. The van der Waals surface area contributed by atoms with Gasteiger partial charge in [-0.1, -0.05) is 12.1 Å². The molecule has 2 heterocycles. The van der Waals surface area contributed by atoms with Crippen molar-refractivity contribution in [2.24, 2.45) is 5.92 Å². The van der Waals surface area contributed by atoms with Crippen LogP contribution in [0.2, 0.25) is 0 Å². The number of hydrogen-bond acceptors (Lipinski definition) is 5. The van der Waals surface area contributed by atoms with Crippen molar-refractivity contribution in [3.63, 3.8) is 0 Å². The number of piperidine rings is 1. The van der Waals surface area contributed by atoms with Gasteiger partial charge in [0.05, 0.1) is 4.90 Å². The van der Waals surface area contributed by atoms with E-state index in [1.54, 1.807) is 18.2 Å².